The highest BCUT2D eigenvalue weighted by atomic mass is 16.6. The number of carbonyl (C=O) groups excluding carboxylic acids is 1. The fourth-order valence-corrected chi connectivity index (χ4v) is 2.45. The number of amides is 1. The lowest BCUT2D eigenvalue weighted by atomic mass is 10.2. The Morgan fingerprint density at radius 2 is 1.96 bits per heavy atom. The number of nitro benzene ring substituents is 1. The van der Waals surface area contributed by atoms with Gasteiger partial charge in [-0.05, 0) is 18.2 Å². The molecule has 0 aliphatic carbocycles. The molecule has 136 valence electrons. The maximum atomic E-state index is 12.2. The van der Waals surface area contributed by atoms with E-state index in [0.29, 0.717) is 41.8 Å². The average Bonchev–Trinajstić information content (AvgIpc) is 2.66. The summed E-state index contributed by atoms with van der Waals surface area (Å²) in [5, 5.41) is 16.5. The van der Waals surface area contributed by atoms with Gasteiger partial charge in [0.2, 0.25) is 5.91 Å². The highest BCUT2D eigenvalue weighted by Gasteiger charge is 2.14. The Kier molecular flexibility index (Phi) is 5.07. The predicted molar refractivity (Wildman–Crippen MR) is 94.2 cm³/mol. The molecule has 0 radical (unpaired) electrons. The molecule has 1 aliphatic heterocycles. The minimum atomic E-state index is -0.514. The van der Waals surface area contributed by atoms with E-state index in [4.69, 9.17) is 14.2 Å². The molecule has 0 fully saturated rings. The number of hydrogen-bond donors (Lipinski definition) is 2. The summed E-state index contributed by atoms with van der Waals surface area (Å²) in [7, 11) is 1.45. The Morgan fingerprint density at radius 1 is 1.19 bits per heavy atom. The molecule has 0 saturated carbocycles. The van der Waals surface area contributed by atoms with Crippen LogP contribution in [0, 0.1) is 10.1 Å². The number of fused-ring (bicyclic) bond motifs is 1. The number of anilines is 2. The molecule has 0 spiro atoms. The first kappa shape index (κ1) is 17.3. The van der Waals surface area contributed by atoms with Gasteiger partial charge in [-0.1, -0.05) is 0 Å². The maximum absolute atomic E-state index is 12.2. The van der Waals surface area contributed by atoms with Gasteiger partial charge in [-0.25, -0.2) is 0 Å². The summed E-state index contributed by atoms with van der Waals surface area (Å²) < 4.78 is 16.0. The van der Waals surface area contributed by atoms with Gasteiger partial charge in [-0.3, -0.25) is 14.9 Å². The van der Waals surface area contributed by atoms with E-state index in [1.54, 1.807) is 18.2 Å². The van der Waals surface area contributed by atoms with E-state index in [1.165, 1.54) is 25.3 Å². The minimum Gasteiger partial charge on any atom is -0.495 e. The Morgan fingerprint density at radius 3 is 2.69 bits per heavy atom. The summed E-state index contributed by atoms with van der Waals surface area (Å²) in [5.41, 5.74) is 0.826. The Labute approximate surface area is 149 Å². The number of nitrogens with zero attached hydrogens (tertiary/aromatic N) is 1. The van der Waals surface area contributed by atoms with Gasteiger partial charge in [0.25, 0.3) is 5.69 Å². The highest BCUT2D eigenvalue weighted by Crippen LogP contribution is 2.32. The third-order valence-corrected chi connectivity index (χ3v) is 3.66. The SMILES string of the molecule is COc1ccc([N+](=O)[O-])cc1NCC(=O)Nc1ccc2c(c1)OCCO2. The Hall–Kier alpha value is -3.49. The quantitative estimate of drug-likeness (QED) is 0.602. The molecule has 1 amide bonds. The minimum absolute atomic E-state index is 0.0913. The fraction of sp³-hybridized carbons (Fsp3) is 0.235. The van der Waals surface area contributed by atoms with Gasteiger partial charge in [0.15, 0.2) is 11.5 Å². The zero-order chi connectivity index (χ0) is 18.5. The van der Waals surface area contributed by atoms with E-state index >= 15 is 0 Å². The summed E-state index contributed by atoms with van der Waals surface area (Å²) in [6.45, 7) is 0.859. The second-order valence-corrected chi connectivity index (χ2v) is 5.40. The lowest BCUT2D eigenvalue weighted by Gasteiger charge is -2.19. The first-order valence-electron chi connectivity index (χ1n) is 7.82. The van der Waals surface area contributed by atoms with E-state index in [0.717, 1.165) is 0 Å². The monoisotopic (exact) mass is 359 g/mol. The Bertz CT molecular complexity index is 839. The Balaban J connectivity index is 1.64. The van der Waals surface area contributed by atoms with E-state index < -0.39 is 4.92 Å². The number of nitro groups is 1. The molecular weight excluding hydrogens is 342 g/mol. The van der Waals surface area contributed by atoms with Gasteiger partial charge < -0.3 is 24.8 Å². The third kappa shape index (κ3) is 3.94. The number of non-ortho nitro benzene ring substituents is 1. The number of nitrogens with one attached hydrogen (secondary N) is 2. The summed E-state index contributed by atoms with van der Waals surface area (Å²) in [4.78, 5) is 22.5. The van der Waals surface area contributed by atoms with Gasteiger partial charge in [0.1, 0.15) is 19.0 Å². The summed E-state index contributed by atoms with van der Waals surface area (Å²) in [6.07, 6.45) is 0. The lowest BCUT2D eigenvalue weighted by molar-refractivity contribution is -0.384. The predicted octanol–water partition coefficient (Wildman–Crippen LogP) is 2.43. The number of benzene rings is 2. The van der Waals surface area contributed by atoms with Crippen molar-refractivity contribution in [2.45, 2.75) is 0 Å². The van der Waals surface area contributed by atoms with Gasteiger partial charge in [0.05, 0.1) is 24.3 Å². The van der Waals surface area contributed by atoms with Crippen molar-refractivity contribution in [3.05, 3.63) is 46.5 Å². The van der Waals surface area contributed by atoms with E-state index in [9.17, 15) is 14.9 Å². The second kappa shape index (κ2) is 7.60. The molecule has 1 aliphatic rings. The first-order valence-corrected chi connectivity index (χ1v) is 7.82. The van der Waals surface area contributed by atoms with Crippen LogP contribution in [0.15, 0.2) is 36.4 Å². The number of carbonyl (C=O) groups is 1. The van der Waals surface area contributed by atoms with Crippen molar-refractivity contribution < 1.29 is 23.9 Å². The standard InChI is InChI=1S/C17H17N3O6/c1-24-14-5-3-12(20(22)23)9-13(14)18-10-17(21)19-11-2-4-15-16(8-11)26-7-6-25-15/h2-5,8-9,18H,6-7,10H2,1H3,(H,19,21). The second-order valence-electron chi connectivity index (χ2n) is 5.40. The van der Waals surface area contributed by atoms with E-state index in [1.807, 2.05) is 0 Å². The topological polar surface area (TPSA) is 112 Å². The summed E-state index contributed by atoms with van der Waals surface area (Å²) in [6, 6.07) is 9.23. The van der Waals surface area contributed by atoms with Gasteiger partial charge in [-0.2, -0.15) is 0 Å². The molecule has 1 heterocycles. The molecule has 2 aromatic carbocycles. The number of ether oxygens (including phenoxy) is 3. The van der Waals surface area contributed by atoms with Crippen LogP contribution in [0.2, 0.25) is 0 Å². The largest absolute Gasteiger partial charge is 0.495 e. The van der Waals surface area contributed by atoms with Crippen molar-refractivity contribution in [2.75, 3.05) is 37.5 Å². The van der Waals surface area contributed by atoms with Crippen LogP contribution < -0.4 is 24.8 Å². The van der Waals surface area contributed by atoms with Crippen molar-refractivity contribution in [1.29, 1.82) is 0 Å². The molecule has 0 unspecified atom stereocenters. The molecule has 26 heavy (non-hydrogen) atoms. The molecule has 2 aromatic rings. The van der Waals surface area contributed by atoms with Crippen LogP contribution in [-0.2, 0) is 4.79 Å². The van der Waals surface area contributed by atoms with Crippen LogP contribution in [0.1, 0.15) is 0 Å². The van der Waals surface area contributed by atoms with Crippen LogP contribution >= 0.6 is 0 Å². The van der Waals surface area contributed by atoms with Crippen LogP contribution in [0.25, 0.3) is 0 Å². The maximum Gasteiger partial charge on any atom is 0.271 e. The van der Waals surface area contributed by atoms with Gasteiger partial charge in [-0.15, -0.1) is 0 Å². The van der Waals surface area contributed by atoms with Crippen molar-refractivity contribution in [3.63, 3.8) is 0 Å². The third-order valence-electron chi connectivity index (χ3n) is 3.66. The molecule has 0 aromatic heterocycles. The fourth-order valence-electron chi connectivity index (χ4n) is 2.45. The zero-order valence-corrected chi connectivity index (χ0v) is 14.0. The van der Waals surface area contributed by atoms with Gasteiger partial charge >= 0.3 is 0 Å². The van der Waals surface area contributed by atoms with Crippen molar-refractivity contribution >= 4 is 23.0 Å². The van der Waals surface area contributed by atoms with Gasteiger partial charge in [0, 0.05) is 23.9 Å². The summed E-state index contributed by atoms with van der Waals surface area (Å²) >= 11 is 0. The van der Waals surface area contributed by atoms with Crippen LogP contribution in [0.4, 0.5) is 17.1 Å². The molecule has 2 N–H and O–H groups in total. The first-order chi connectivity index (χ1) is 12.6. The van der Waals surface area contributed by atoms with Crippen molar-refractivity contribution in [1.82, 2.24) is 0 Å². The highest BCUT2D eigenvalue weighted by molar-refractivity contribution is 5.94. The molecular formula is C17H17N3O6. The average molecular weight is 359 g/mol. The molecule has 0 saturated heterocycles. The molecule has 9 nitrogen and oxygen atoms in total. The smallest absolute Gasteiger partial charge is 0.271 e. The molecule has 3 rings (SSSR count). The van der Waals surface area contributed by atoms with E-state index in [-0.39, 0.29) is 18.1 Å². The number of rotatable bonds is 6. The number of hydrogen-bond acceptors (Lipinski definition) is 7. The van der Waals surface area contributed by atoms with E-state index in [2.05, 4.69) is 10.6 Å². The molecule has 0 bridgehead atoms. The lowest BCUT2D eigenvalue weighted by Crippen LogP contribution is -2.22. The zero-order valence-electron chi connectivity index (χ0n) is 14.0. The van der Waals surface area contributed by atoms with Crippen molar-refractivity contribution in [2.24, 2.45) is 0 Å². The number of methoxy groups -OCH3 is 1. The van der Waals surface area contributed by atoms with Crippen LogP contribution in [0.3, 0.4) is 0 Å². The normalized spacial score (nSPS) is 12.2. The van der Waals surface area contributed by atoms with Crippen molar-refractivity contribution in [3.8, 4) is 17.2 Å². The molecule has 0 atom stereocenters. The molecule has 9 heteroatoms. The van der Waals surface area contributed by atoms with Crippen LogP contribution in [-0.4, -0.2) is 37.7 Å². The summed E-state index contributed by atoms with van der Waals surface area (Å²) in [5.74, 6) is 1.29. The van der Waals surface area contributed by atoms with Crippen LogP contribution in [0.5, 0.6) is 17.2 Å².